The molecule has 1 aromatic carbocycles. The Kier molecular flexibility index (Phi) is 5.67. The first-order valence-electron chi connectivity index (χ1n) is 7.39. The van der Waals surface area contributed by atoms with E-state index < -0.39 is 17.7 Å². The maximum Gasteiger partial charge on any atom is 0.129 e. The van der Waals surface area contributed by atoms with E-state index in [1.54, 1.807) is 7.11 Å². The Morgan fingerprint density at radius 1 is 1.38 bits per heavy atom. The number of ether oxygens (including phenoxy) is 1. The Balaban J connectivity index is 1.83. The fraction of sp³-hybridized carbons (Fsp3) is 0.625. The van der Waals surface area contributed by atoms with E-state index in [0.29, 0.717) is 0 Å². The molecule has 0 spiro atoms. The molecule has 0 aliphatic heterocycles. The van der Waals surface area contributed by atoms with Crippen molar-refractivity contribution in [1.29, 1.82) is 0 Å². The zero-order valence-corrected chi connectivity index (χ0v) is 12.4. The van der Waals surface area contributed by atoms with E-state index in [-0.39, 0.29) is 17.5 Å². The van der Waals surface area contributed by atoms with Crippen LogP contribution in [0.3, 0.4) is 0 Å². The van der Waals surface area contributed by atoms with Gasteiger partial charge in [0.05, 0.1) is 6.10 Å². The molecule has 2 N–H and O–H groups in total. The molecule has 1 saturated carbocycles. The summed E-state index contributed by atoms with van der Waals surface area (Å²) in [6.07, 6.45) is 3.45. The van der Waals surface area contributed by atoms with Crippen molar-refractivity contribution in [3.05, 3.63) is 35.4 Å². The van der Waals surface area contributed by atoms with Crippen LogP contribution in [0.15, 0.2) is 18.2 Å². The minimum absolute atomic E-state index is 0.00190. The molecule has 0 aromatic heterocycles. The molecule has 118 valence electrons. The van der Waals surface area contributed by atoms with Gasteiger partial charge in [-0.25, -0.2) is 8.78 Å². The van der Waals surface area contributed by atoms with Gasteiger partial charge in [-0.05, 0) is 42.9 Å². The molecule has 0 bridgehead atoms. The quantitative estimate of drug-likeness (QED) is 0.775. The fourth-order valence-corrected chi connectivity index (χ4v) is 2.86. The highest BCUT2D eigenvalue weighted by Gasteiger charge is 2.36. The molecule has 0 radical (unpaired) electrons. The lowest BCUT2D eigenvalue weighted by atomic mass is 9.67. The molecule has 1 aliphatic carbocycles. The maximum atomic E-state index is 13.6. The molecule has 3 nitrogen and oxygen atoms in total. The van der Waals surface area contributed by atoms with Crippen LogP contribution in [-0.4, -0.2) is 31.9 Å². The van der Waals surface area contributed by atoms with Crippen LogP contribution in [0.5, 0.6) is 0 Å². The summed E-state index contributed by atoms with van der Waals surface area (Å²) in [7, 11) is 1.69. The van der Waals surface area contributed by atoms with Crippen LogP contribution in [0.2, 0.25) is 0 Å². The predicted octanol–water partition coefficient (Wildman–Crippen LogP) is 2.79. The minimum atomic E-state index is -1.04. The van der Waals surface area contributed by atoms with Crippen LogP contribution in [0.1, 0.15) is 37.4 Å². The van der Waals surface area contributed by atoms with Gasteiger partial charge in [0.2, 0.25) is 0 Å². The van der Waals surface area contributed by atoms with Crippen molar-refractivity contribution in [2.45, 2.75) is 31.8 Å². The van der Waals surface area contributed by atoms with Crippen LogP contribution in [-0.2, 0) is 4.74 Å². The fourth-order valence-electron chi connectivity index (χ4n) is 2.86. The zero-order chi connectivity index (χ0) is 15.3. The van der Waals surface area contributed by atoms with Crippen molar-refractivity contribution in [1.82, 2.24) is 5.32 Å². The Morgan fingerprint density at radius 2 is 2.14 bits per heavy atom. The smallest absolute Gasteiger partial charge is 0.129 e. The van der Waals surface area contributed by atoms with Gasteiger partial charge in [-0.1, -0.05) is 6.42 Å². The first kappa shape index (κ1) is 16.3. The number of halogens is 2. The minimum Gasteiger partial charge on any atom is -0.387 e. The lowest BCUT2D eigenvalue weighted by Gasteiger charge is -2.42. The van der Waals surface area contributed by atoms with Gasteiger partial charge in [0.1, 0.15) is 11.6 Å². The van der Waals surface area contributed by atoms with Crippen LogP contribution < -0.4 is 5.32 Å². The molecule has 5 heteroatoms. The summed E-state index contributed by atoms with van der Waals surface area (Å²) in [5.41, 5.74) is 0.234. The topological polar surface area (TPSA) is 41.5 Å². The summed E-state index contributed by atoms with van der Waals surface area (Å²) in [6, 6.07) is 3.14. The van der Waals surface area contributed by atoms with Gasteiger partial charge in [-0.3, -0.25) is 0 Å². The first-order valence-corrected chi connectivity index (χ1v) is 7.39. The molecule has 2 rings (SSSR count). The molecule has 0 saturated heterocycles. The standard InChI is InChI=1S/C16H23F2NO2/c1-21-8-7-16(5-2-6-16)11-19-10-15(20)13-9-12(17)3-4-14(13)18/h3-4,9,15,19-20H,2,5-8,10-11H2,1H3. The predicted molar refractivity (Wildman–Crippen MR) is 77.0 cm³/mol. The van der Waals surface area contributed by atoms with Gasteiger partial charge in [0.15, 0.2) is 0 Å². The Bertz CT molecular complexity index is 464. The average molecular weight is 299 g/mol. The molecule has 1 atom stereocenters. The highest BCUT2D eigenvalue weighted by atomic mass is 19.1. The van der Waals surface area contributed by atoms with Gasteiger partial charge in [-0.15, -0.1) is 0 Å². The molecule has 1 aliphatic rings. The molecule has 21 heavy (non-hydrogen) atoms. The van der Waals surface area contributed by atoms with E-state index >= 15 is 0 Å². The van der Waals surface area contributed by atoms with Crippen molar-refractivity contribution >= 4 is 0 Å². The van der Waals surface area contributed by atoms with Crippen LogP contribution in [0, 0.1) is 17.0 Å². The van der Waals surface area contributed by atoms with Crippen LogP contribution in [0.4, 0.5) is 8.78 Å². The van der Waals surface area contributed by atoms with E-state index in [4.69, 9.17) is 4.74 Å². The third kappa shape index (κ3) is 4.22. The number of hydrogen-bond acceptors (Lipinski definition) is 3. The number of aliphatic hydroxyl groups is 1. The van der Waals surface area contributed by atoms with E-state index in [2.05, 4.69) is 5.32 Å². The molecule has 1 unspecified atom stereocenters. The summed E-state index contributed by atoms with van der Waals surface area (Å²) >= 11 is 0. The van der Waals surface area contributed by atoms with Gasteiger partial charge in [-0.2, -0.15) is 0 Å². The molecule has 0 amide bonds. The number of nitrogens with one attached hydrogen (secondary N) is 1. The second-order valence-corrected chi connectivity index (χ2v) is 5.91. The second-order valence-electron chi connectivity index (χ2n) is 5.91. The second kappa shape index (κ2) is 7.29. The van der Waals surface area contributed by atoms with Gasteiger partial charge in [0, 0.05) is 32.4 Å². The number of hydrogen-bond donors (Lipinski definition) is 2. The van der Waals surface area contributed by atoms with E-state index in [0.717, 1.165) is 50.6 Å². The van der Waals surface area contributed by atoms with Crippen molar-refractivity contribution in [3.63, 3.8) is 0 Å². The summed E-state index contributed by atoms with van der Waals surface area (Å²) in [6.45, 7) is 1.71. The highest BCUT2D eigenvalue weighted by molar-refractivity contribution is 5.21. The number of methoxy groups -OCH3 is 1. The summed E-state index contributed by atoms with van der Waals surface area (Å²) < 4.78 is 31.8. The maximum absolute atomic E-state index is 13.6. The summed E-state index contributed by atoms with van der Waals surface area (Å²) in [5, 5.41) is 13.2. The highest BCUT2D eigenvalue weighted by Crippen LogP contribution is 2.43. The molecule has 0 heterocycles. The first-order chi connectivity index (χ1) is 10.1. The van der Waals surface area contributed by atoms with Crippen molar-refractivity contribution in [2.24, 2.45) is 5.41 Å². The lowest BCUT2D eigenvalue weighted by molar-refractivity contribution is 0.0644. The summed E-state index contributed by atoms with van der Waals surface area (Å²) in [5.74, 6) is -1.12. The Labute approximate surface area is 124 Å². The summed E-state index contributed by atoms with van der Waals surface area (Å²) in [4.78, 5) is 0. The monoisotopic (exact) mass is 299 g/mol. The van der Waals surface area contributed by atoms with Gasteiger partial charge in [0.25, 0.3) is 0 Å². The van der Waals surface area contributed by atoms with Crippen molar-refractivity contribution in [3.8, 4) is 0 Å². The molecular formula is C16H23F2NO2. The third-order valence-corrected chi connectivity index (χ3v) is 4.41. The number of benzene rings is 1. The van der Waals surface area contributed by atoms with E-state index in [1.807, 2.05) is 0 Å². The molecule has 1 fully saturated rings. The van der Waals surface area contributed by atoms with Crippen molar-refractivity contribution in [2.75, 3.05) is 26.8 Å². The lowest BCUT2D eigenvalue weighted by Crippen LogP contribution is -2.42. The van der Waals surface area contributed by atoms with Crippen LogP contribution in [0.25, 0.3) is 0 Å². The third-order valence-electron chi connectivity index (χ3n) is 4.41. The normalized spacial score (nSPS) is 18.3. The van der Waals surface area contributed by atoms with Crippen molar-refractivity contribution < 1.29 is 18.6 Å². The Hall–Kier alpha value is -1.04. The average Bonchev–Trinajstić information content (AvgIpc) is 2.43. The molecule has 1 aromatic rings. The van der Waals surface area contributed by atoms with Gasteiger partial charge < -0.3 is 15.2 Å². The van der Waals surface area contributed by atoms with Gasteiger partial charge >= 0.3 is 0 Å². The SMILES string of the molecule is COCCC1(CNCC(O)c2cc(F)ccc2F)CCC1. The number of rotatable bonds is 8. The molecular weight excluding hydrogens is 276 g/mol. The van der Waals surface area contributed by atoms with E-state index in [1.165, 1.54) is 6.42 Å². The number of aliphatic hydroxyl groups excluding tert-OH is 1. The largest absolute Gasteiger partial charge is 0.387 e. The Morgan fingerprint density at radius 3 is 2.76 bits per heavy atom. The zero-order valence-electron chi connectivity index (χ0n) is 12.4. The van der Waals surface area contributed by atoms with Crippen LogP contribution >= 0.6 is 0 Å². The van der Waals surface area contributed by atoms with E-state index in [9.17, 15) is 13.9 Å².